The maximum atomic E-state index is 12.2. The molecule has 86 valence electrons. The number of para-hydroxylation sites is 1. The highest BCUT2D eigenvalue weighted by Gasteiger charge is 2.36. The number of phenols is 1. The highest BCUT2D eigenvalue weighted by molar-refractivity contribution is 5.97. The van der Waals surface area contributed by atoms with Crippen molar-refractivity contribution in [3.05, 3.63) is 29.8 Å². The van der Waals surface area contributed by atoms with E-state index in [1.54, 1.807) is 24.3 Å². The molecule has 0 radical (unpaired) electrons. The summed E-state index contributed by atoms with van der Waals surface area (Å²) in [5.74, 6) is -0.00389. The second-order valence-electron chi connectivity index (χ2n) is 4.89. The third-order valence-electron chi connectivity index (χ3n) is 3.28. The van der Waals surface area contributed by atoms with Gasteiger partial charge in [-0.2, -0.15) is 0 Å². The van der Waals surface area contributed by atoms with Crippen LogP contribution in [0.25, 0.3) is 0 Å². The highest BCUT2D eigenvalue weighted by Crippen LogP contribution is 2.31. The molecule has 1 amide bonds. The lowest BCUT2D eigenvalue weighted by Crippen LogP contribution is -2.42. The molecule has 1 heterocycles. The lowest BCUT2D eigenvalue weighted by molar-refractivity contribution is 0.0649. The first kappa shape index (κ1) is 11.0. The highest BCUT2D eigenvalue weighted by atomic mass is 16.3. The number of rotatable bonds is 1. The van der Waals surface area contributed by atoms with Gasteiger partial charge in [0.25, 0.3) is 5.91 Å². The van der Waals surface area contributed by atoms with Gasteiger partial charge in [0.1, 0.15) is 5.75 Å². The Morgan fingerprint density at radius 3 is 2.62 bits per heavy atom. The Labute approximate surface area is 95.7 Å². The molecule has 0 aliphatic carbocycles. The van der Waals surface area contributed by atoms with Crippen LogP contribution in [0.5, 0.6) is 5.75 Å². The van der Waals surface area contributed by atoms with Crippen molar-refractivity contribution in [3.8, 4) is 5.75 Å². The van der Waals surface area contributed by atoms with Crippen LogP contribution in [-0.4, -0.2) is 28.0 Å². The quantitative estimate of drug-likeness (QED) is 0.788. The van der Waals surface area contributed by atoms with E-state index in [1.165, 1.54) is 0 Å². The number of phenolic OH excluding ortho intramolecular Hbond substituents is 1. The smallest absolute Gasteiger partial charge is 0.258 e. The minimum absolute atomic E-state index is 0.0650. The average Bonchev–Trinajstić information content (AvgIpc) is 2.58. The summed E-state index contributed by atoms with van der Waals surface area (Å²) in [7, 11) is 0. The zero-order valence-electron chi connectivity index (χ0n) is 9.73. The van der Waals surface area contributed by atoms with Crippen molar-refractivity contribution in [2.75, 3.05) is 6.54 Å². The van der Waals surface area contributed by atoms with E-state index in [4.69, 9.17) is 0 Å². The topological polar surface area (TPSA) is 40.5 Å². The summed E-state index contributed by atoms with van der Waals surface area (Å²) in [6.45, 7) is 4.91. The SMILES string of the molecule is CC1(C)CCCN1C(=O)c1ccccc1O. The van der Waals surface area contributed by atoms with Crippen LogP contribution in [-0.2, 0) is 0 Å². The average molecular weight is 219 g/mol. The van der Waals surface area contributed by atoms with Crippen molar-refractivity contribution in [2.24, 2.45) is 0 Å². The van der Waals surface area contributed by atoms with Crippen LogP contribution in [0.3, 0.4) is 0 Å². The second-order valence-corrected chi connectivity index (χ2v) is 4.89. The minimum atomic E-state index is -0.0979. The molecule has 1 N–H and O–H groups in total. The van der Waals surface area contributed by atoms with Crippen LogP contribution in [0.1, 0.15) is 37.0 Å². The number of nitrogens with zero attached hydrogens (tertiary/aromatic N) is 1. The molecule has 0 aromatic heterocycles. The lowest BCUT2D eigenvalue weighted by atomic mass is 10.0. The molecule has 1 saturated heterocycles. The third kappa shape index (κ3) is 1.77. The number of aromatic hydroxyl groups is 1. The number of benzene rings is 1. The molecule has 0 unspecified atom stereocenters. The molecule has 1 aliphatic rings. The number of amides is 1. The fraction of sp³-hybridized carbons (Fsp3) is 0.462. The largest absolute Gasteiger partial charge is 0.507 e. The van der Waals surface area contributed by atoms with Crippen LogP contribution in [0.15, 0.2) is 24.3 Å². The first-order valence-electron chi connectivity index (χ1n) is 5.62. The van der Waals surface area contributed by atoms with Gasteiger partial charge in [-0.05, 0) is 38.8 Å². The van der Waals surface area contributed by atoms with Gasteiger partial charge in [0.2, 0.25) is 0 Å². The molecular formula is C13H17NO2. The van der Waals surface area contributed by atoms with Gasteiger partial charge in [0, 0.05) is 12.1 Å². The Hall–Kier alpha value is -1.51. The molecule has 0 bridgehead atoms. The Kier molecular flexibility index (Phi) is 2.62. The maximum Gasteiger partial charge on any atom is 0.258 e. The monoisotopic (exact) mass is 219 g/mol. The summed E-state index contributed by atoms with van der Waals surface area (Å²) in [6, 6.07) is 6.72. The Morgan fingerprint density at radius 1 is 1.38 bits per heavy atom. The normalized spacial score (nSPS) is 18.8. The first-order valence-corrected chi connectivity index (χ1v) is 5.62. The van der Waals surface area contributed by atoms with Gasteiger partial charge in [-0.25, -0.2) is 0 Å². The summed E-state index contributed by atoms with van der Waals surface area (Å²) < 4.78 is 0. The molecule has 0 saturated carbocycles. The van der Waals surface area contributed by atoms with E-state index >= 15 is 0 Å². The number of likely N-dealkylation sites (tertiary alicyclic amines) is 1. The Morgan fingerprint density at radius 2 is 2.06 bits per heavy atom. The molecule has 1 fully saturated rings. The third-order valence-corrected chi connectivity index (χ3v) is 3.28. The molecule has 1 aromatic rings. The zero-order chi connectivity index (χ0) is 11.8. The summed E-state index contributed by atoms with van der Waals surface area (Å²) in [5.41, 5.74) is 0.303. The molecule has 0 atom stereocenters. The van der Waals surface area contributed by atoms with Crippen LogP contribution in [0.4, 0.5) is 0 Å². The molecule has 2 rings (SSSR count). The van der Waals surface area contributed by atoms with Gasteiger partial charge < -0.3 is 10.0 Å². The van der Waals surface area contributed by atoms with Crippen LogP contribution < -0.4 is 0 Å². The molecule has 3 heteroatoms. The fourth-order valence-electron chi connectivity index (χ4n) is 2.28. The van der Waals surface area contributed by atoms with Crippen molar-refractivity contribution in [1.29, 1.82) is 0 Å². The summed E-state index contributed by atoms with van der Waals surface area (Å²) in [5, 5.41) is 9.66. The predicted octanol–water partition coefficient (Wildman–Crippen LogP) is 2.41. The van der Waals surface area contributed by atoms with Crippen molar-refractivity contribution < 1.29 is 9.90 Å². The van der Waals surface area contributed by atoms with Crippen LogP contribution in [0.2, 0.25) is 0 Å². The standard InChI is InChI=1S/C13H17NO2/c1-13(2)8-5-9-14(13)12(16)10-6-3-4-7-11(10)15/h3-4,6-7,15H,5,8-9H2,1-2H3. The molecule has 0 spiro atoms. The fourth-order valence-corrected chi connectivity index (χ4v) is 2.28. The Balaban J connectivity index is 2.30. The Bertz CT molecular complexity index is 412. The van der Waals surface area contributed by atoms with Gasteiger partial charge in [-0.3, -0.25) is 4.79 Å². The molecule has 3 nitrogen and oxygen atoms in total. The number of carbonyl (C=O) groups is 1. The summed E-state index contributed by atoms with van der Waals surface area (Å²) in [4.78, 5) is 14.1. The minimum Gasteiger partial charge on any atom is -0.507 e. The maximum absolute atomic E-state index is 12.2. The van der Waals surface area contributed by atoms with Crippen molar-refractivity contribution >= 4 is 5.91 Å². The first-order chi connectivity index (χ1) is 7.52. The number of carbonyl (C=O) groups excluding carboxylic acids is 1. The van der Waals surface area contributed by atoms with Gasteiger partial charge >= 0.3 is 0 Å². The van der Waals surface area contributed by atoms with Gasteiger partial charge in [0.15, 0.2) is 0 Å². The molecular weight excluding hydrogens is 202 g/mol. The van der Waals surface area contributed by atoms with E-state index in [1.807, 2.05) is 4.90 Å². The molecule has 1 aromatic carbocycles. The van der Waals surface area contributed by atoms with E-state index in [9.17, 15) is 9.90 Å². The number of hydrogen-bond donors (Lipinski definition) is 1. The van der Waals surface area contributed by atoms with Crippen LogP contribution in [0, 0.1) is 0 Å². The van der Waals surface area contributed by atoms with E-state index < -0.39 is 0 Å². The second kappa shape index (κ2) is 3.81. The predicted molar refractivity (Wildman–Crippen MR) is 62.5 cm³/mol. The summed E-state index contributed by atoms with van der Waals surface area (Å²) in [6.07, 6.45) is 2.05. The van der Waals surface area contributed by atoms with Crippen molar-refractivity contribution in [1.82, 2.24) is 4.90 Å². The van der Waals surface area contributed by atoms with E-state index in [0.29, 0.717) is 5.56 Å². The molecule has 1 aliphatic heterocycles. The van der Waals surface area contributed by atoms with E-state index in [2.05, 4.69) is 13.8 Å². The zero-order valence-corrected chi connectivity index (χ0v) is 9.73. The van der Waals surface area contributed by atoms with E-state index in [-0.39, 0.29) is 17.2 Å². The van der Waals surface area contributed by atoms with Gasteiger partial charge in [0.05, 0.1) is 5.56 Å². The van der Waals surface area contributed by atoms with Crippen molar-refractivity contribution in [3.63, 3.8) is 0 Å². The van der Waals surface area contributed by atoms with Gasteiger partial charge in [-0.1, -0.05) is 12.1 Å². The van der Waals surface area contributed by atoms with Gasteiger partial charge in [-0.15, -0.1) is 0 Å². The summed E-state index contributed by atoms with van der Waals surface area (Å²) >= 11 is 0. The van der Waals surface area contributed by atoms with Crippen molar-refractivity contribution in [2.45, 2.75) is 32.2 Å². The number of hydrogen-bond acceptors (Lipinski definition) is 2. The lowest BCUT2D eigenvalue weighted by Gasteiger charge is -2.31. The molecule has 16 heavy (non-hydrogen) atoms. The van der Waals surface area contributed by atoms with Crippen LogP contribution >= 0.6 is 0 Å². The van der Waals surface area contributed by atoms with E-state index in [0.717, 1.165) is 19.4 Å².